The highest BCUT2D eigenvalue weighted by atomic mass is 15.2. The maximum Gasteiger partial charge on any atom is 0.147 e. The number of hydrogen-bond donors (Lipinski definition) is 0. The molecule has 18 heavy (non-hydrogen) atoms. The van der Waals surface area contributed by atoms with Gasteiger partial charge < -0.3 is 4.90 Å². The van der Waals surface area contributed by atoms with E-state index in [9.17, 15) is 5.26 Å². The van der Waals surface area contributed by atoms with Crippen LogP contribution in [0.25, 0.3) is 0 Å². The summed E-state index contributed by atoms with van der Waals surface area (Å²) in [7, 11) is 0. The Bertz CT molecular complexity index is 446. The van der Waals surface area contributed by atoms with Crippen LogP contribution in [-0.4, -0.2) is 18.1 Å². The van der Waals surface area contributed by atoms with E-state index < -0.39 is 0 Å². The lowest BCUT2D eigenvalue weighted by Gasteiger charge is -2.26. The molecule has 0 aliphatic heterocycles. The summed E-state index contributed by atoms with van der Waals surface area (Å²) in [6, 6.07) is 4.26. The molecule has 98 valence electrons. The van der Waals surface area contributed by atoms with Crippen molar-refractivity contribution in [1.82, 2.24) is 4.98 Å². The van der Waals surface area contributed by atoms with Crippen molar-refractivity contribution in [2.75, 3.05) is 18.0 Å². The van der Waals surface area contributed by atoms with Crippen molar-refractivity contribution < 1.29 is 0 Å². The summed E-state index contributed by atoms with van der Waals surface area (Å²) in [5, 5.41) is 9.31. The van der Waals surface area contributed by atoms with Crippen LogP contribution in [0.3, 0.4) is 0 Å². The van der Waals surface area contributed by atoms with Crippen molar-refractivity contribution in [1.29, 1.82) is 5.26 Å². The smallest absolute Gasteiger partial charge is 0.147 e. The molecule has 3 heteroatoms. The van der Waals surface area contributed by atoms with Crippen LogP contribution in [0.1, 0.15) is 44.0 Å². The van der Waals surface area contributed by atoms with E-state index >= 15 is 0 Å². The van der Waals surface area contributed by atoms with Crippen LogP contribution in [0.15, 0.2) is 6.07 Å². The number of hydrogen-bond acceptors (Lipinski definition) is 3. The fraction of sp³-hybridized carbons (Fsp3) is 0.600. The van der Waals surface area contributed by atoms with E-state index in [1.807, 2.05) is 19.9 Å². The molecule has 0 bridgehead atoms. The fourth-order valence-corrected chi connectivity index (χ4v) is 2.05. The monoisotopic (exact) mass is 245 g/mol. The molecule has 0 N–H and O–H groups in total. The summed E-state index contributed by atoms with van der Waals surface area (Å²) in [6.45, 7) is 12.3. The largest absolute Gasteiger partial charge is 0.356 e. The molecule has 0 fully saturated rings. The maximum absolute atomic E-state index is 9.31. The molecule has 1 aromatic heterocycles. The molecule has 0 spiro atoms. The van der Waals surface area contributed by atoms with Crippen LogP contribution in [0, 0.1) is 31.1 Å². The van der Waals surface area contributed by atoms with Crippen molar-refractivity contribution >= 4 is 5.82 Å². The van der Waals surface area contributed by atoms with E-state index in [1.165, 1.54) is 0 Å². The number of anilines is 1. The van der Waals surface area contributed by atoms with Crippen molar-refractivity contribution in [3.8, 4) is 6.07 Å². The average Bonchev–Trinajstić information content (AvgIpc) is 2.34. The van der Waals surface area contributed by atoms with Crippen LogP contribution < -0.4 is 4.90 Å². The molecule has 1 atom stereocenters. The van der Waals surface area contributed by atoms with Crippen LogP contribution in [0.4, 0.5) is 5.82 Å². The zero-order valence-corrected chi connectivity index (χ0v) is 12.1. The minimum absolute atomic E-state index is 0.610. The Hall–Kier alpha value is -1.56. The Morgan fingerprint density at radius 3 is 2.56 bits per heavy atom. The summed E-state index contributed by atoms with van der Waals surface area (Å²) >= 11 is 0. The molecule has 1 rings (SSSR count). The Morgan fingerprint density at radius 2 is 2.06 bits per heavy atom. The van der Waals surface area contributed by atoms with E-state index in [-0.39, 0.29) is 0 Å². The Balaban J connectivity index is 3.16. The first-order valence-electron chi connectivity index (χ1n) is 6.66. The molecule has 0 saturated carbocycles. The summed E-state index contributed by atoms with van der Waals surface area (Å²) in [5.41, 5.74) is 2.71. The molecule has 0 aliphatic carbocycles. The average molecular weight is 245 g/mol. The minimum atomic E-state index is 0.610. The van der Waals surface area contributed by atoms with Crippen LogP contribution in [0.2, 0.25) is 0 Å². The predicted molar refractivity (Wildman–Crippen MR) is 75.8 cm³/mol. The molecular weight excluding hydrogens is 222 g/mol. The summed E-state index contributed by atoms with van der Waals surface area (Å²) < 4.78 is 0. The topological polar surface area (TPSA) is 39.9 Å². The highest BCUT2D eigenvalue weighted by molar-refractivity contribution is 5.58. The van der Waals surface area contributed by atoms with Crippen LogP contribution in [-0.2, 0) is 0 Å². The molecule has 1 unspecified atom stereocenters. The van der Waals surface area contributed by atoms with Gasteiger partial charge in [0.15, 0.2) is 0 Å². The Labute approximate surface area is 110 Å². The van der Waals surface area contributed by atoms with E-state index in [1.54, 1.807) is 0 Å². The van der Waals surface area contributed by atoms with Gasteiger partial charge in [0, 0.05) is 18.8 Å². The minimum Gasteiger partial charge on any atom is -0.356 e. The fourth-order valence-electron chi connectivity index (χ4n) is 2.05. The number of aromatic nitrogens is 1. The van der Waals surface area contributed by atoms with Gasteiger partial charge in [-0.15, -0.1) is 0 Å². The lowest BCUT2D eigenvalue weighted by atomic mass is 10.1. The first-order chi connectivity index (χ1) is 8.53. The molecule has 1 heterocycles. The molecule has 0 radical (unpaired) electrons. The van der Waals surface area contributed by atoms with Crippen molar-refractivity contribution in [2.45, 2.75) is 41.0 Å². The van der Waals surface area contributed by atoms with Crippen molar-refractivity contribution in [2.24, 2.45) is 5.92 Å². The molecular formula is C15H23N3. The molecule has 3 nitrogen and oxygen atoms in total. The van der Waals surface area contributed by atoms with E-state index in [4.69, 9.17) is 0 Å². The number of aryl methyl sites for hydroxylation is 2. The zero-order chi connectivity index (χ0) is 13.7. The number of nitriles is 1. The number of pyridine rings is 1. The lowest BCUT2D eigenvalue weighted by molar-refractivity contribution is 0.545. The highest BCUT2D eigenvalue weighted by Crippen LogP contribution is 2.22. The lowest BCUT2D eigenvalue weighted by Crippen LogP contribution is -2.30. The van der Waals surface area contributed by atoms with E-state index in [0.29, 0.717) is 11.5 Å². The maximum atomic E-state index is 9.31. The molecule has 0 aliphatic rings. The molecule has 0 saturated heterocycles. The van der Waals surface area contributed by atoms with Crippen molar-refractivity contribution in [3.63, 3.8) is 0 Å². The first-order valence-corrected chi connectivity index (χ1v) is 6.66. The Morgan fingerprint density at radius 1 is 1.39 bits per heavy atom. The molecule has 0 amide bonds. The van der Waals surface area contributed by atoms with Gasteiger partial charge in [0.2, 0.25) is 0 Å². The summed E-state index contributed by atoms with van der Waals surface area (Å²) in [6.07, 6.45) is 1.14. The van der Waals surface area contributed by atoms with Gasteiger partial charge >= 0.3 is 0 Å². The third-order valence-electron chi connectivity index (χ3n) is 3.35. The molecule has 1 aromatic rings. The SMILES string of the molecule is CCC(C)CN(CC)c1nc(C)cc(C)c1C#N. The van der Waals surface area contributed by atoms with Crippen LogP contribution >= 0.6 is 0 Å². The van der Waals surface area contributed by atoms with Gasteiger partial charge in [0.1, 0.15) is 11.9 Å². The van der Waals surface area contributed by atoms with E-state index in [0.717, 1.165) is 36.6 Å². The quantitative estimate of drug-likeness (QED) is 0.797. The number of rotatable bonds is 5. The zero-order valence-electron chi connectivity index (χ0n) is 12.1. The normalized spacial score (nSPS) is 12.0. The van der Waals surface area contributed by atoms with Gasteiger partial charge in [-0.25, -0.2) is 4.98 Å². The highest BCUT2D eigenvalue weighted by Gasteiger charge is 2.16. The summed E-state index contributed by atoms with van der Waals surface area (Å²) in [4.78, 5) is 6.78. The second-order valence-electron chi connectivity index (χ2n) is 4.94. The van der Waals surface area contributed by atoms with Gasteiger partial charge in [-0.1, -0.05) is 20.3 Å². The third kappa shape index (κ3) is 3.22. The standard InChI is InChI=1S/C15H23N3/c1-6-11(3)10-18(7-2)15-14(9-16)12(4)8-13(5)17-15/h8,11H,6-7,10H2,1-5H3. The third-order valence-corrected chi connectivity index (χ3v) is 3.35. The Kier molecular flexibility index (Phi) is 5.15. The summed E-state index contributed by atoms with van der Waals surface area (Å²) in [5.74, 6) is 1.46. The van der Waals surface area contributed by atoms with E-state index in [2.05, 4.69) is 36.7 Å². The van der Waals surface area contributed by atoms with Gasteiger partial charge in [-0.2, -0.15) is 5.26 Å². The van der Waals surface area contributed by atoms with Crippen LogP contribution in [0.5, 0.6) is 0 Å². The van der Waals surface area contributed by atoms with Gasteiger partial charge in [0.05, 0.1) is 5.56 Å². The molecule has 0 aromatic carbocycles. The van der Waals surface area contributed by atoms with Gasteiger partial charge in [-0.05, 0) is 38.3 Å². The first kappa shape index (κ1) is 14.5. The van der Waals surface area contributed by atoms with Gasteiger partial charge in [-0.3, -0.25) is 0 Å². The predicted octanol–water partition coefficient (Wildman–Crippen LogP) is 3.44. The second kappa shape index (κ2) is 6.39. The number of nitrogens with zero attached hydrogens (tertiary/aromatic N) is 3. The van der Waals surface area contributed by atoms with Crippen molar-refractivity contribution in [3.05, 3.63) is 22.9 Å². The second-order valence-corrected chi connectivity index (χ2v) is 4.94. The van der Waals surface area contributed by atoms with Gasteiger partial charge in [0.25, 0.3) is 0 Å².